The zero-order valence-corrected chi connectivity index (χ0v) is 21.0. The van der Waals surface area contributed by atoms with E-state index in [1.54, 1.807) is 18.2 Å². The number of hydrogen-bond acceptors (Lipinski definition) is 6. The van der Waals surface area contributed by atoms with Gasteiger partial charge in [0.1, 0.15) is 5.75 Å². The molecule has 0 aliphatic rings. The van der Waals surface area contributed by atoms with Crippen LogP contribution in [0.3, 0.4) is 0 Å². The van der Waals surface area contributed by atoms with Crippen LogP contribution in [0.25, 0.3) is 0 Å². The molecule has 0 spiro atoms. The van der Waals surface area contributed by atoms with Gasteiger partial charge in [0.15, 0.2) is 0 Å². The molecule has 0 heterocycles. The number of nitrogens with one attached hydrogen (secondary N) is 3. The number of aliphatic hydroxyl groups is 1. The Kier molecular flexibility index (Phi) is 9.39. The normalized spacial score (nSPS) is 11.8. The number of amides is 2. The first-order valence-electron chi connectivity index (χ1n) is 12.0. The van der Waals surface area contributed by atoms with Crippen molar-refractivity contribution >= 4 is 18.0 Å². The van der Waals surface area contributed by atoms with Gasteiger partial charge in [-0.3, -0.25) is 9.59 Å². The van der Waals surface area contributed by atoms with Crippen molar-refractivity contribution in [2.75, 3.05) is 11.9 Å². The predicted molar refractivity (Wildman–Crippen MR) is 142 cm³/mol. The number of phenols is 1. The van der Waals surface area contributed by atoms with Crippen molar-refractivity contribution in [3.05, 3.63) is 94.5 Å². The zero-order chi connectivity index (χ0) is 26.8. The summed E-state index contributed by atoms with van der Waals surface area (Å²) in [7, 11) is 0. The third-order valence-corrected chi connectivity index (χ3v) is 6.07. The van der Waals surface area contributed by atoms with Crippen LogP contribution < -0.4 is 16.0 Å². The van der Waals surface area contributed by atoms with Crippen LogP contribution in [0.4, 0.5) is 5.69 Å². The molecule has 0 fully saturated rings. The standard InChI is InChI=1S/C29H32N4O4/c1-29(2,33-18-27(36)23-11-12-26(35)25(13-23)32-19-34)15-24-6-4-3-5-22(24)14-28(37)31-17-21-9-7-20(16-30)8-10-21/h3-13,19,27,33,35-36H,14-15,17-18H2,1-2H3,(H,31,37)(H,32,34). The number of nitrogens with zero attached hydrogens (tertiary/aromatic N) is 1. The highest BCUT2D eigenvalue weighted by atomic mass is 16.3. The van der Waals surface area contributed by atoms with E-state index in [-0.39, 0.29) is 30.3 Å². The van der Waals surface area contributed by atoms with E-state index >= 15 is 0 Å². The summed E-state index contributed by atoms with van der Waals surface area (Å²) in [5.74, 6) is -0.168. The van der Waals surface area contributed by atoms with Crippen LogP contribution in [0.2, 0.25) is 0 Å². The lowest BCUT2D eigenvalue weighted by Crippen LogP contribution is -2.43. The Hall–Kier alpha value is -4.19. The molecule has 5 N–H and O–H groups in total. The second-order valence-corrected chi connectivity index (χ2v) is 9.53. The van der Waals surface area contributed by atoms with Gasteiger partial charge in [-0.05, 0) is 66.8 Å². The van der Waals surface area contributed by atoms with Gasteiger partial charge in [0.2, 0.25) is 12.3 Å². The highest BCUT2D eigenvalue weighted by Gasteiger charge is 2.22. The molecular formula is C29H32N4O4. The molecule has 0 aliphatic carbocycles. The SMILES string of the molecule is CC(C)(Cc1ccccc1CC(=O)NCc1ccc(C#N)cc1)NCC(O)c1ccc(O)c(NC=O)c1. The Morgan fingerprint density at radius 1 is 1.08 bits per heavy atom. The largest absolute Gasteiger partial charge is 0.506 e. The summed E-state index contributed by atoms with van der Waals surface area (Å²) >= 11 is 0. The number of aromatic hydroxyl groups is 1. The molecule has 1 atom stereocenters. The van der Waals surface area contributed by atoms with Crippen LogP contribution >= 0.6 is 0 Å². The van der Waals surface area contributed by atoms with Crippen LogP contribution in [-0.2, 0) is 29.0 Å². The van der Waals surface area contributed by atoms with Gasteiger partial charge in [0.05, 0.1) is 29.8 Å². The quantitative estimate of drug-likeness (QED) is 0.191. The number of β-amino-alcohol motifs (C(OH)–C–C–N with tert-alkyl or cyclic N) is 1. The molecular weight excluding hydrogens is 468 g/mol. The number of hydrogen-bond donors (Lipinski definition) is 5. The van der Waals surface area contributed by atoms with Gasteiger partial charge in [-0.1, -0.05) is 42.5 Å². The Bertz CT molecular complexity index is 1270. The van der Waals surface area contributed by atoms with Crippen molar-refractivity contribution in [3.8, 4) is 11.8 Å². The lowest BCUT2D eigenvalue weighted by atomic mass is 9.90. The van der Waals surface area contributed by atoms with Gasteiger partial charge in [-0.25, -0.2) is 0 Å². The fraction of sp³-hybridized carbons (Fsp3) is 0.276. The molecule has 3 aromatic carbocycles. The minimum atomic E-state index is -0.852. The maximum absolute atomic E-state index is 12.6. The molecule has 8 nitrogen and oxygen atoms in total. The van der Waals surface area contributed by atoms with E-state index in [9.17, 15) is 19.8 Å². The fourth-order valence-corrected chi connectivity index (χ4v) is 4.01. The second kappa shape index (κ2) is 12.7. The van der Waals surface area contributed by atoms with Gasteiger partial charge >= 0.3 is 0 Å². The van der Waals surface area contributed by atoms with E-state index in [1.807, 2.05) is 50.2 Å². The fourth-order valence-electron chi connectivity index (χ4n) is 4.01. The molecule has 1 unspecified atom stereocenters. The first-order valence-corrected chi connectivity index (χ1v) is 12.0. The first-order chi connectivity index (χ1) is 17.7. The Morgan fingerprint density at radius 3 is 2.46 bits per heavy atom. The van der Waals surface area contributed by atoms with E-state index in [0.29, 0.717) is 30.5 Å². The molecule has 37 heavy (non-hydrogen) atoms. The van der Waals surface area contributed by atoms with E-state index in [1.165, 1.54) is 12.1 Å². The summed E-state index contributed by atoms with van der Waals surface area (Å²) in [6.45, 7) is 4.69. The second-order valence-electron chi connectivity index (χ2n) is 9.53. The van der Waals surface area contributed by atoms with Gasteiger partial charge < -0.3 is 26.2 Å². The van der Waals surface area contributed by atoms with E-state index in [0.717, 1.165) is 16.7 Å². The minimum Gasteiger partial charge on any atom is -0.506 e. The molecule has 0 aromatic heterocycles. The third-order valence-electron chi connectivity index (χ3n) is 6.07. The molecule has 2 amide bonds. The average molecular weight is 501 g/mol. The highest BCUT2D eigenvalue weighted by molar-refractivity contribution is 5.79. The van der Waals surface area contributed by atoms with Gasteiger partial charge in [0.25, 0.3) is 0 Å². The molecule has 0 aliphatic heterocycles. The van der Waals surface area contributed by atoms with Crippen LogP contribution in [0.1, 0.15) is 47.8 Å². The highest BCUT2D eigenvalue weighted by Crippen LogP contribution is 2.27. The van der Waals surface area contributed by atoms with Crippen molar-refractivity contribution in [2.45, 2.75) is 44.9 Å². The number of carbonyl (C=O) groups is 2. The van der Waals surface area contributed by atoms with Gasteiger partial charge in [0, 0.05) is 18.6 Å². The topological polar surface area (TPSA) is 134 Å². The summed E-state index contributed by atoms with van der Waals surface area (Å²) in [4.78, 5) is 23.4. The molecule has 3 aromatic rings. The van der Waals surface area contributed by atoms with Crippen LogP contribution in [0.5, 0.6) is 5.75 Å². The Labute approximate surface area is 217 Å². The van der Waals surface area contributed by atoms with Gasteiger partial charge in [-0.15, -0.1) is 0 Å². The van der Waals surface area contributed by atoms with Crippen LogP contribution in [-0.4, -0.2) is 34.6 Å². The van der Waals surface area contributed by atoms with Crippen molar-refractivity contribution in [1.82, 2.24) is 10.6 Å². The predicted octanol–water partition coefficient (Wildman–Crippen LogP) is 3.34. The van der Waals surface area contributed by atoms with Crippen molar-refractivity contribution < 1.29 is 19.8 Å². The number of anilines is 1. The van der Waals surface area contributed by atoms with Crippen molar-refractivity contribution in [1.29, 1.82) is 5.26 Å². The number of phenolic OH excluding ortho intramolecular Hbond substituents is 1. The lowest BCUT2D eigenvalue weighted by molar-refractivity contribution is -0.120. The Morgan fingerprint density at radius 2 is 1.78 bits per heavy atom. The molecule has 0 bridgehead atoms. The smallest absolute Gasteiger partial charge is 0.224 e. The monoisotopic (exact) mass is 500 g/mol. The van der Waals surface area contributed by atoms with E-state index < -0.39 is 11.6 Å². The van der Waals surface area contributed by atoms with E-state index in [2.05, 4.69) is 22.0 Å². The zero-order valence-electron chi connectivity index (χ0n) is 21.0. The number of rotatable bonds is 12. The molecule has 0 saturated carbocycles. The number of aliphatic hydroxyl groups excluding tert-OH is 1. The number of nitriles is 1. The lowest BCUT2D eigenvalue weighted by Gasteiger charge is -2.29. The number of carbonyl (C=O) groups excluding carboxylic acids is 2. The van der Waals surface area contributed by atoms with Gasteiger partial charge in [-0.2, -0.15) is 5.26 Å². The van der Waals surface area contributed by atoms with Crippen LogP contribution in [0.15, 0.2) is 66.7 Å². The summed E-state index contributed by atoms with van der Waals surface area (Å²) in [6.07, 6.45) is 0.491. The summed E-state index contributed by atoms with van der Waals surface area (Å²) in [5, 5.41) is 38.1. The maximum atomic E-state index is 12.6. The molecule has 3 rings (SSSR count). The summed E-state index contributed by atoms with van der Waals surface area (Å²) in [6, 6.07) is 21.6. The molecule has 192 valence electrons. The maximum Gasteiger partial charge on any atom is 0.224 e. The minimum absolute atomic E-state index is 0.0751. The average Bonchev–Trinajstić information content (AvgIpc) is 2.89. The molecule has 0 saturated heterocycles. The number of benzene rings is 3. The van der Waals surface area contributed by atoms with E-state index in [4.69, 9.17) is 5.26 Å². The molecule has 0 radical (unpaired) electrons. The summed E-state index contributed by atoms with van der Waals surface area (Å²) < 4.78 is 0. The van der Waals surface area contributed by atoms with Crippen molar-refractivity contribution in [3.63, 3.8) is 0 Å². The molecule has 8 heteroatoms. The third kappa shape index (κ3) is 8.17. The van der Waals surface area contributed by atoms with Crippen LogP contribution in [0, 0.1) is 11.3 Å². The Balaban J connectivity index is 1.58. The summed E-state index contributed by atoms with van der Waals surface area (Å²) in [5.41, 5.74) is 3.87. The first kappa shape index (κ1) is 27.4. The van der Waals surface area contributed by atoms with Crippen molar-refractivity contribution in [2.24, 2.45) is 0 Å².